The lowest BCUT2D eigenvalue weighted by Crippen LogP contribution is -2.20. The van der Waals surface area contributed by atoms with Gasteiger partial charge in [0.05, 0.1) is 6.04 Å². The Balaban J connectivity index is 2.41. The first kappa shape index (κ1) is 15.2. The molecule has 0 amide bonds. The van der Waals surface area contributed by atoms with Gasteiger partial charge < -0.3 is 14.5 Å². The molecule has 108 valence electrons. The molecule has 0 spiro atoms. The molecule has 0 aliphatic carbocycles. The van der Waals surface area contributed by atoms with E-state index < -0.39 is 17.7 Å². The zero-order chi connectivity index (χ0) is 14.7. The minimum Gasteiger partial charge on any atom is -0.462 e. The Hall–Kier alpha value is -1.24. The van der Waals surface area contributed by atoms with Crippen LogP contribution < -0.4 is 5.32 Å². The highest BCUT2D eigenvalue weighted by Gasteiger charge is 2.24. The van der Waals surface area contributed by atoms with Gasteiger partial charge in [-0.1, -0.05) is 15.9 Å². The normalized spacial score (nSPS) is 12.7. The molecular formula is C14H14BrF2NO2. The van der Waals surface area contributed by atoms with E-state index in [9.17, 15) is 8.78 Å². The van der Waals surface area contributed by atoms with Gasteiger partial charge in [-0.2, -0.15) is 0 Å². The van der Waals surface area contributed by atoms with Crippen LogP contribution in [0.25, 0.3) is 0 Å². The number of ether oxygens (including phenoxy) is 1. The van der Waals surface area contributed by atoms with Crippen LogP contribution in [0.15, 0.2) is 33.2 Å². The highest BCUT2D eigenvalue weighted by Crippen LogP contribution is 2.30. The summed E-state index contributed by atoms with van der Waals surface area (Å²) in [6.45, 7) is 0.307. The first-order chi connectivity index (χ1) is 9.56. The molecule has 0 bridgehead atoms. The number of methoxy groups -OCH3 is 1. The maximum Gasteiger partial charge on any atom is 0.132 e. The largest absolute Gasteiger partial charge is 0.462 e. The highest BCUT2D eigenvalue weighted by atomic mass is 79.9. The van der Waals surface area contributed by atoms with Crippen LogP contribution in [0.4, 0.5) is 8.78 Å². The number of nitrogens with one attached hydrogen (secondary N) is 1. The lowest BCUT2D eigenvalue weighted by Gasteiger charge is -2.16. The molecule has 1 N–H and O–H groups in total. The zero-order valence-electron chi connectivity index (χ0n) is 11.0. The Morgan fingerprint density at radius 2 is 1.95 bits per heavy atom. The number of hydrogen-bond acceptors (Lipinski definition) is 3. The molecular weight excluding hydrogens is 332 g/mol. The van der Waals surface area contributed by atoms with Crippen molar-refractivity contribution >= 4 is 15.9 Å². The first-order valence-corrected chi connectivity index (χ1v) is 6.75. The van der Waals surface area contributed by atoms with Gasteiger partial charge in [0.25, 0.3) is 0 Å². The van der Waals surface area contributed by atoms with Crippen LogP contribution in [0.1, 0.15) is 23.1 Å². The van der Waals surface area contributed by atoms with E-state index >= 15 is 0 Å². The lowest BCUT2D eigenvalue weighted by atomic mass is 10.0. The first-order valence-electron chi connectivity index (χ1n) is 5.96. The summed E-state index contributed by atoms with van der Waals surface area (Å²) in [6, 6.07) is 5.14. The van der Waals surface area contributed by atoms with Gasteiger partial charge in [0.2, 0.25) is 0 Å². The van der Waals surface area contributed by atoms with E-state index in [1.165, 1.54) is 12.1 Å². The monoisotopic (exact) mass is 345 g/mol. The van der Waals surface area contributed by atoms with E-state index in [-0.39, 0.29) is 5.56 Å². The van der Waals surface area contributed by atoms with Gasteiger partial charge in [-0.3, -0.25) is 0 Å². The van der Waals surface area contributed by atoms with Crippen molar-refractivity contribution in [3.63, 3.8) is 0 Å². The molecule has 2 rings (SSSR count). The van der Waals surface area contributed by atoms with Crippen molar-refractivity contribution in [2.24, 2.45) is 0 Å². The third-order valence-corrected chi connectivity index (χ3v) is 3.33. The SMILES string of the molecule is CNC(c1ccc(COC)o1)c1c(F)cc(Br)cc1F. The summed E-state index contributed by atoms with van der Waals surface area (Å²) >= 11 is 3.06. The zero-order valence-corrected chi connectivity index (χ0v) is 12.6. The topological polar surface area (TPSA) is 34.4 Å². The second-order valence-electron chi connectivity index (χ2n) is 4.24. The summed E-state index contributed by atoms with van der Waals surface area (Å²) < 4.78 is 38.9. The minimum absolute atomic E-state index is 0.0750. The highest BCUT2D eigenvalue weighted by molar-refractivity contribution is 9.10. The van der Waals surface area contributed by atoms with E-state index in [1.54, 1.807) is 26.3 Å². The third kappa shape index (κ3) is 3.08. The summed E-state index contributed by atoms with van der Waals surface area (Å²) in [6.07, 6.45) is 0. The summed E-state index contributed by atoms with van der Waals surface area (Å²) in [5.74, 6) is -0.248. The van der Waals surface area contributed by atoms with E-state index in [2.05, 4.69) is 21.2 Å². The summed E-state index contributed by atoms with van der Waals surface area (Å²) in [4.78, 5) is 0. The van der Waals surface area contributed by atoms with Crippen LogP contribution in [0, 0.1) is 11.6 Å². The second-order valence-corrected chi connectivity index (χ2v) is 5.16. The Bertz CT molecular complexity index is 578. The molecule has 0 fully saturated rings. The maximum absolute atomic E-state index is 14.0. The number of hydrogen-bond donors (Lipinski definition) is 1. The fourth-order valence-corrected chi connectivity index (χ4v) is 2.43. The van der Waals surface area contributed by atoms with Crippen molar-refractivity contribution in [2.45, 2.75) is 12.6 Å². The molecule has 0 saturated heterocycles. The Kier molecular flexibility index (Phi) is 4.91. The molecule has 0 saturated carbocycles. The molecule has 0 radical (unpaired) electrons. The van der Waals surface area contributed by atoms with Crippen molar-refractivity contribution in [1.82, 2.24) is 5.32 Å². The predicted molar refractivity (Wildman–Crippen MR) is 74.4 cm³/mol. The van der Waals surface area contributed by atoms with Crippen LogP contribution in [-0.2, 0) is 11.3 Å². The third-order valence-electron chi connectivity index (χ3n) is 2.87. The van der Waals surface area contributed by atoms with Gasteiger partial charge in [-0.05, 0) is 31.3 Å². The Labute approximate surface area is 124 Å². The molecule has 1 unspecified atom stereocenters. The van der Waals surface area contributed by atoms with Gasteiger partial charge in [-0.25, -0.2) is 8.78 Å². The quantitative estimate of drug-likeness (QED) is 0.895. The fraction of sp³-hybridized carbons (Fsp3) is 0.286. The number of halogens is 3. The standard InChI is InChI=1S/C14H14BrF2NO2/c1-18-14(12-4-3-9(20-12)7-19-2)13-10(16)5-8(15)6-11(13)17/h3-6,14,18H,7H2,1-2H3. The summed E-state index contributed by atoms with van der Waals surface area (Å²) in [5.41, 5.74) is -0.0750. The van der Waals surface area contributed by atoms with Gasteiger partial charge >= 0.3 is 0 Å². The summed E-state index contributed by atoms with van der Waals surface area (Å²) in [5, 5.41) is 2.86. The molecule has 1 aromatic heterocycles. The molecule has 6 heteroatoms. The second kappa shape index (κ2) is 6.47. The smallest absolute Gasteiger partial charge is 0.132 e. The van der Waals surface area contributed by atoms with Crippen LogP contribution >= 0.6 is 15.9 Å². The van der Waals surface area contributed by atoms with Crippen molar-refractivity contribution < 1.29 is 17.9 Å². The molecule has 1 atom stereocenters. The van der Waals surface area contributed by atoms with Gasteiger partial charge in [0, 0.05) is 17.1 Å². The molecule has 1 aromatic carbocycles. The van der Waals surface area contributed by atoms with E-state index in [0.717, 1.165) is 0 Å². The predicted octanol–water partition coefficient (Wildman–Crippen LogP) is 3.78. The number of benzene rings is 1. The van der Waals surface area contributed by atoms with Crippen molar-refractivity contribution in [3.8, 4) is 0 Å². The average molecular weight is 346 g/mol. The Morgan fingerprint density at radius 3 is 2.50 bits per heavy atom. The minimum atomic E-state index is -0.700. The molecule has 3 nitrogen and oxygen atoms in total. The van der Waals surface area contributed by atoms with Crippen LogP contribution in [0.2, 0.25) is 0 Å². The lowest BCUT2D eigenvalue weighted by molar-refractivity contribution is 0.162. The van der Waals surface area contributed by atoms with Crippen molar-refractivity contribution in [1.29, 1.82) is 0 Å². The van der Waals surface area contributed by atoms with E-state index in [1.807, 2.05) is 0 Å². The number of furan rings is 1. The maximum atomic E-state index is 14.0. The van der Waals surface area contributed by atoms with Crippen molar-refractivity contribution in [3.05, 3.63) is 57.5 Å². The van der Waals surface area contributed by atoms with Crippen LogP contribution in [0.3, 0.4) is 0 Å². The van der Waals surface area contributed by atoms with Crippen LogP contribution in [-0.4, -0.2) is 14.2 Å². The summed E-state index contributed by atoms with van der Waals surface area (Å²) in [7, 11) is 3.16. The van der Waals surface area contributed by atoms with E-state index in [4.69, 9.17) is 9.15 Å². The molecule has 20 heavy (non-hydrogen) atoms. The van der Waals surface area contributed by atoms with Gasteiger partial charge in [0.1, 0.15) is 29.8 Å². The van der Waals surface area contributed by atoms with Crippen molar-refractivity contribution in [2.75, 3.05) is 14.2 Å². The Morgan fingerprint density at radius 1 is 1.30 bits per heavy atom. The molecule has 2 aromatic rings. The fourth-order valence-electron chi connectivity index (χ4n) is 2.03. The molecule has 0 aliphatic heterocycles. The average Bonchev–Trinajstić information content (AvgIpc) is 2.82. The van der Waals surface area contributed by atoms with E-state index in [0.29, 0.717) is 22.6 Å². The van der Waals surface area contributed by atoms with Crippen LogP contribution in [0.5, 0.6) is 0 Å². The van der Waals surface area contributed by atoms with Gasteiger partial charge in [-0.15, -0.1) is 0 Å². The number of rotatable bonds is 5. The molecule has 1 heterocycles. The molecule has 0 aliphatic rings. The van der Waals surface area contributed by atoms with Gasteiger partial charge in [0.15, 0.2) is 0 Å².